The fraction of sp³-hybridized carbons (Fsp3) is 0.263. The van der Waals surface area contributed by atoms with Gasteiger partial charge < -0.3 is 10.1 Å². The Morgan fingerprint density at radius 2 is 1.88 bits per heavy atom. The summed E-state index contributed by atoms with van der Waals surface area (Å²) in [7, 11) is 0. The zero-order chi connectivity index (χ0) is 17.9. The number of urea groups is 1. The summed E-state index contributed by atoms with van der Waals surface area (Å²) < 4.78 is 6.56. The maximum absolute atomic E-state index is 12.9. The monoisotopic (exact) mass is 402 g/mol. The van der Waals surface area contributed by atoms with Crippen LogP contribution in [0.3, 0.4) is 0 Å². The zero-order valence-corrected chi connectivity index (χ0v) is 15.5. The number of imide groups is 1. The molecule has 5 nitrogen and oxygen atoms in total. The molecule has 1 fully saturated rings. The number of ether oxygens (including phenoxy) is 1. The average Bonchev–Trinajstić information content (AvgIpc) is 2.87. The first-order valence-electron chi connectivity index (χ1n) is 8.15. The fourth-order valence-electron chi connectivity index (χ4n) is 3.00. The molecule has 1 aliphatic rings. The predicted octanol–water partition coefficient (Wildman–Crippen LogP) is 3.69. The van der Waals surface area contributed by atoms with Crippen molar-refractivity contribution < 1.29 is 14.3 Å². The Bertz CT molecular complexity index is 781. The van der Waals surface area contributed by atoms with Gasteiger partial charge in [0.05, 0.1) is 6.54 Å². The minimum absolute atomic E-state index is 0.200. The summed E-state index contributed by atoms with van der Waals surface area (Å²) >= 11 is 3.38. The van der Waals surface area contributed by atoms with Crippen LogP contribution in [-0.4, -0.2) is 30.0 Å². The molecule has 0 saturated carbocycles. The molecule has 25 heavy (non-hydrogen) atoms. The molecule has 3 amide bonds. The van der Waals surface area contributed by atoms with Crippen molar-refractivity contribution in [2.45, 2.75) is 18.9 Å². The highest BCUT2D eigenvalue weighted by atomic mass is 79.9. The second-order valence-electron chi connectivity index (χ2n) is 5.82. The van der Waals surface area contributed by atoms with Gasteiger partial charge in [-0.2, -0.15) is 0 Å². The number of benzene rings is 2. The van der Waals surface area contributed by atoms with Gasteiger partial charge in [-0.25, -0.2) is 4.79 Å². The third kappa shape index (κ3) is 3.39. The lowest BCUT2D eigenvalue weighted by Crippen LogP contribution is -2.43. The summed E-state index contributed by atoms with van der Waals surface area (Å²) in [5.41, 5.74) is -0.194. The van der Waals surface area contributed by atoms with Crippen LogP contribution in [0.4, 0.5) is 4.79 Å². The molecule has 0 spiro atoms. The van der Waals surface area contributed by atoms with Crippen LogP contribution in [0.1, 0.15) is 18.9 Å². The largest absolute Gasteiger partial charge is 0.492 e. The fourth-order valence-corrected chi connectivity index (χ4v) is 3.38. The number of rotatable bonds is 6. The molecule has 0 aromatic heterocycles. The molecule has 1 aliphatic heterocycles. The van der Waals surface area contributed by atoms with Crippen molar-refractivity contribution in [2.75, 3.05) is 13.2 Å². The summed E-state index contributed by atoms with van der Waals surface area (Å²) in [6.45, 7) is 2.34. The lowest BCUT2D eigenvalue weighted by molar-refractivity contribution is -0.132. The minimum atomic E-state index is -0.992. The van der Waals surface area contributed by atoms with Crippen LogP contribution >= 0.6 is 15.9 Å². The van der Waals surface area contributed by atoms with E-state index in [4.69, 9.17) is 4.74 Å². The van der Waals surface area contributed by atoms with Crippen LogP contribution in [-0.2, 0) is 10.3 Å². The maximum atomic E-state index is 12.9. The van der Waals surface area contributed by atoms with Gasteiger partial charge in [-0.1, -0.05) is 59.3 Å². The average molecular weight is 403 g/mol. The van der Waals surface area contributed by atoms with E-state index < -0.39 is 5.54 Å². The van der Waals surface area contributed by atoms with Crippen LogP contribution in [0, 0.1) is 0 Å². The summed E-state index contributed by atoms with van der Waals surface area (Å²) in [4.78, 5) is 26.5. The maximum Gasteiger partial charge on any atom is 0.325 e. The van der Waals surface area contributed by atoms with E-state index in [1.54, 1.807) is 0 Å². The molecule has 3 rings (SSSR count). The Morgan fingerprint density at radius 3 is 2.56 bits per heavy atom. The number of amides is 3. The first-order chi connectivity index (χ1) is 12.1. The molecular weight excluding hydrogens is 384 g/mol. The molecule has 130 valence electrons. The number of carbonyl (C=O) groups is 2. The van der Waals surface area contributed by atoms with E-state index in [-0.39, 0.29) is 25.1 Å². The molecule has 1 saturated heterocycles. The molecule has 0 aliphatic carbocycles. The van der Waals surface area contributed by atoms with Crippen LogP contribution in [0.15, 0.2) is 59.1 Å². The van der Waals surface area contributed by atoms with Gasteiger partial charge in [-0.3, -0.25) is 9.69 Å². The molecule has 6 heteroatoms. The second kappa shape index (κ2) is 7.27. The van der Waals surface area contributed by atoms with Crippen molar-refractivity contribution in [1.82, 2.24) is 10.2 Å². The molecule has 0 bridgehead atoms. The predicted molar refractivity (Wildman–Crippen MR) is 98.3 cm³/mol. The van der Waals surface area contributed by atoms with E-state index in [0.29, 0.717) is 12.2 Å². The lowest BCUT2D eigenvalue weighted by atomic mass is 9.87. The van der Waals surface area contributed by atoms with Crippen molar-refractivity contribution >= 4 is 27.9 Å². The Hall–Kier alpha value is -2.34. The van der Waals surface area contributed by atoms with Gasteiger partial charge in [0.1, 0.15) is 17.9 Å². The smallest absolute Gasteiger partial charge is 0.325 e. The van der Waals surface area contributed by atoms with Gasteiger partial charge in [0, 0.05) is 4.47 Å². The van der Waals surface area contributed by atoms with E-state index in [0.717, 1.165) is 10.0 Å². The van der Waals surface area contributed by atoms with E-state index in [1.165, 1.54) is 4.90 Å². The third-order valence-corrected chi connectivity index (χ3v) is 4.85. The number of carbonyl (C=O) groups excluding carboxylic acids is 2. The highest BCUT2D eigenvalue weighted by molar-refractivity contribution is 9.10. The first kappa shape index (κ1) is 17.5. The Kier molecular flexibility index (Phi) is 5.08. The third-order valence-electron chi connectivity index (χ3n) is 4.35. The van der Waals surface area contributed by atoms with Gasteiger partial charge in [0.25, 0.3) is 5.91 Å². The van der Waals surface area contributed by atoms with Crippen molar-refractivity contribution in [1.29, 1.82) is 0 Å². The SMILES string of the molecule is CC[C@@]1(c2ccccc2)NC(=O)N(CCOc2cccc(Br)c2)C1=O. The molecule has 0 radical (unpaired) electrons. The molecule has 1 atom stereocenters. The molecule has 2 aromatic carbocycles. The van der Waals surface area contributed by atoms with Crippen molar-refractivity contribution in [3.8, 4) is 5.75 Å². The quantitative estimate of drug-likeness (QED) is 0.749. The Morgan fingerprint density at radius 1 is 1.12 bits per heavy atom. The van der Waals surface area contributed by atoms with Gasteiger partial charge in [0.2, 0.25) is 0 Å². The van der Waals surface area contributed by atoms with Crippen LogP contribution < -0.4 is 10.1 Å². The van der Waals surface area contributed by atoms with Crippen LogP contribution in [0.2, 0.25) is 0 Å². The number of hydrogen-bond acceptors (Lipinski definition) is 3. The normalized spacial score (nSPS) is 19.8. The zero-order valence-electron chi connectivity index (χ0n) is 13.9. The summed E-state index contributed by atoms with van der Waals surface area (Å²) in [6.07, 6.45) is 0.491. The molecule has 0 unspecified atom stereocenters. The molecule has 2 aromatic rings. The van der Waals surface area contributed by atoms with E-state index in [2.05, 4.69) is 21.2 Å². The van der Waals surface area contributed by atoms with Crippen molar-refractivity contribution in [3.63, 3.8) is 0 Å². The summed E-state index contributed by atoms with van der Waals surface area (Å²) in [5, 5.41) is 2.87. The van der Waals surface area contributed by atoms with Crippen LogP contribution in [0.5, 0.6) is 5.75 Å². The number of nitrogens with one attached hydrogen (secondary N) is 1. The minimum Gasteiger partial charge on any atom is -0.492 e. The highest BCUT2D eigenvalue weighted by Crippen LogP contribution is 2.32. The molecule has 1 heterocycles. The number of halogens is 1. The number of nitrogens with zero attached hydrogens (tertiary/aromatic N) is 1. The van der Waals surface area contributed by atoms with E-state index in [9.17, 15) is 9.59 Å². The lowest BCUT2D eigenvalue weighted by Gasteiger charge is -2.25. The van der Waals surface area contributed by atoms with Crippen molar-refractivity contribution in [3.05, 3.63) is 64.6 Å². The molecule has 1 N–H and O–H groups in total. The molecular formula is C19H19BrN2O3. The highest BCUT2D eigenvalue weighted by Gasteiger charge is 2.50. The standard InChI is InChI=1S/C19H19BrN2O3/c1-2-19(14-7-4-3-5-8-14)17(23)22(18(24)21-19)11-12-25-16-10-6-9-15(20)13-16/h3-10,13H,2,11-12H2,1H3,(H,21,24)/t19-/m0/s1. The van der Waals surface area contributed by atoms with Gasteiger partial charge in [0.15, 0.2) is 0 Å². The Labute approximate surface area is 155 Å². The van der Waals surface area contributed by atoms with Crippen LogP contribution in [0.25, 0.3) is 0 Å². The van der Waals surface area contributed by atoms with E-state index >= 15 is 0 Å². The summed E-state index contributed by atoms with van der Waals surface area (Å²) in [5.74, 6) is 0.454. The number of hydrogen-bond donors (Lipinski definition) is 1. The van der Waals surface area contributed by atoms with Crippen molar-refractivity contribution in [2.24, 2.45) is 0 Å². The summed E-state index contributed by atoms with van der Waals surface area (Å²) in [6, 6.07) is 16.4. The van der Waals surface area contributed by atoms with Gasteiger partial charge in [-0.05, 0) is 30.2 Å². The topological polar surface area (TPSA) is 58.6 Å². The second-order valence-corrected chi connectivity index (χ2v) is 6.73. The van der Waals surface area contributed by atoms with Gasteiger partial charge in [-0.15, -0.1) is 0 Å². The van der Waals surface area contributed by atoms with Gasteiger partial charge >= 0.3 is 6.03 Å². The van der Waals surface area contributed by atoms with E-state index in [1.807, 2.05) is 61.5 Å². The first-order valence-corrected chi connectivity index (χ1v) is 8.94. The Balaban J connectivity index is 1.71.